The minimum atomic E-state index is -0.363. The van der Waals surface area contributed by atoms with Crippen LogP contribution in [-0.4, -0.2) is 28.3 Å². The molecule has 0 aliphatic rings. The van der Waals surface area contributed by atoms with Crippen molar-refractivity contribution >= 4 is 23.3 Å². The second kappa shape index (κ2) is 8.35. The molecule has 0 spiro atoms. The summed E-state index contributed by atoms with van der Waals surface area (Å²) in [7, 11) is 1.62. The van der Waals surface area contributed by atoms with Crippen molar-refractivity contribution in [1.82, 2.24) is 20.5 Å². The quantitative estimate of drug-likeness (QED) is 0.617. The minimum Gasteiger partial charge on any atom is -0.497 e. The Morgan fingerprint density at radius 2 is 1.92 bits per heavy atom. The molecular weight excluding hydrogens is 354 g/mol. The number of carbonyl (C=O) groups excluding carboxylic acids is 1. The van der Waals surface area contributed by atoms with Crippen LogP contribution >= 0.6 is 11.6 Å². The molecule has 26 heavy (non-hydrogen) atoms. The Balaban J connectivity index is 1.69. The van der Waals surface area contributed by atoms with Crippen LogP contribution in [0.5, 0.6) is 5.75 Å². The van der Waals surface area contributed by atoms with Crippen LogP contribution < -0.4 is 15.4 Å². The van der Waals surface area contributed by atoms with Crippen molar-refractivity contribution in [3.63, 3.8) is 0 Å². The van der Waals surface area contributed by atoms with Gasteiger partial charge in [-0.3, -0.25) is 5.10 Å². The second-order valence-electron chi connectivity index (χ2n) is 5.58. The third-order valence-electron chi connectivity index (χ3n) is 3.77. The number of carbonyl (C=O) groups is 1. The van der Waals surface area contributed by atoms with Gasteiger partial charge in [-0.15, -0.1) is 0 Å². The van der Waals surface area contributed by atoms with Crippen LogP contribution in [0.25, 0.3) is 0 Å². The van der Waals surface area contributed by atoms with E-state index in [0.717, 1.165) is 11.3 Å². The molecule has 134 valence electrons. The number of hydrogen-bond donors (Lipinski definition) is 3. The van der Waals surface area contributed by atoms with Crippen molar-refractivity contribution < 1.29 is 9.53 Å². The molecule has 0 bridgehead atoms. The summed E-state index contributed by atoms with van der Waals surface area (Å²) in [5, 5.41) is 13.0. The molecular formula is C18H18ClN5O2. The van der Waals surface area contributed by atoms with Crippen molar-refractivity contribution in [3.8, 4) is 5.75 Å². The fourth-order valence-corrected chi connectivity index (χ4v) is 2.58. The molecule has 1 atom stereocenters. The van der Waals surface area contributed by atoms with Crippen LogP contribution in [0.2, 0.25) is 5.02 Å². The van der Waals surface area contributed by atoms with Gasteiger partial charge in [0.2, 0.25) is 0 Å². The molecule has 0 saturated heterocycles. The average Bonchev–Trinajstić information content (AvgIpc) is 3.18. The predicted molar refractivity (Wildman–Crippen MR) is 99.4 cm³/mol. The summed E-state index contributed by atoms with van der Waals surface area (Å²) in [4.78, 5) is 16.5. The van der Waals surface area contributed by atoms with E-state index >= 15 is 0 Å². The number of rotatable bonds is 6. The highest BCUT2D eigenvalue weighted by molar-refractivity contribution is 6.30. The second-order valence-corrected chi connectivity index (χ2v) is 6.02. The fourth-order valence-electron chi connectivity index (χ4n) is 2.45. The van der Waals surface area contributed by atoms with Gasteiger partial charge in [0.1, 0.15) is 17.9 Å². The lowest BCUT2D eigenvalue weighted by Crippen LogP contribution is -2.34. The van der Waals surface area contributed by atoms with Crippen LogP contribution in [0.15, 0.2) is 54.9 Å². The van der Waals surface area contributed by atoms with E-state index in [1.165, 1.54) is 6.33 Å². The van der Waals surface area contributed by atoms with Gasteiger partial charge in [-0.25, -0.2) is 9.78 Å². The van der Waals surface area contributed by atoms with Crippen LogP contribution in [0.1, 0.15) is 17.4 Å². The first kappa shape index (κ1) is 17.8. The number of benzene rings is 2. The van der Waals surface area contributed by atoms with Gasteiger partial charge in [0.05, 0.1) is 13.2 Å². The summed E-state index contributed by atoms with van der Waals surface area (Å²) in [5.41, 5.74) is 1.67. The van der Waals surface area contributed by atoms with Crippen molar-refractivity contribution in [2.24, 2.45) is 0 Å². The van der Waals surface area contributed by atoms with Gasteiger partial charge in [-0.05, 0) is 42.0 Å². The molecule has 3 aromatic rings. The molecule has 0 aliphatic carbocycles. The van der Waals surface area contributed by atoms with Crippen LogP contribution in [0, 0.1) is 0 Å². The Morgan fingerprint density at radius 1 is 1.19 bits per heavy atom. The zero-order chi connectivity index (χ0) is 18.4. The van der Waals surface area contributed by atoms with Crippen molar-refractivity contribution in [1.29, 1.82) is 0 Å². The highest BCUT2D eigenvalue weighted by Gasteiger charge is 2.18. The number of nitrogens with zero attached hydrogens (tertiary/aromatic N) is 2. The third-order valence-corrected chi connectivity index (χ3v) is 4.02. The lowest BCUT2D eigenvalue weighted by Gasteiger charge is -2.17. The molecule has 0 aliphatic heterocycles. The van der Waals surface area contributed by atoms with E-state index in [-0.39, 0.29) is 12.1 Å². The van der Waals surface area contributed by atoms with Gasteiger partial charge < -0.3 is 15.4 Å². The first-order valence-electron chi connectivity index (χ1n) is 7.95. The van der Waals surface area contributed by atoms with E-state index in [1.807, 2.05) is 24.3 Å². The van der Waals surface area contributed by atoms with Gasteiger partial charge in [0, 0.05) is 17.1 Å². The predicted octanol–water partition coefficient (Wildman–Crippen LogP) is 3.57. The average molecular weight is 372 g/mol. The zero-order valence-corrected chi connectivity index (χ0v) is 14.8. The number of amides is 2. The summed E-state index contributed by atoms with van der Waals surface area (Å²) < 4.78 is 5.17. The van der Waals surface area contributed by atoms with E-state index < -0.39 is 0 Å². The van der Waals surface area contributed by atoms with Crippen molar-refractivity contribution in [3.05, 3.63) is 71.3 Å². The molecule has 3 N–H and O–H groups in total. The van der Waals surface area contributed by atoms with Gasteiger partial charge in [-0.1, -0.05) is 23.7 Å². The molecule has 1 aromatic heterocycles. The van der Waals surface area contributed by atoms with E-state index in [4.69, 9.17) is 16.3 Å². The standard InChI is InChI=1S/C18H18ClN5O2/c1-26-15-8-2-12(3-9-15)10-16(17-20-11-21-24-17)23-18(25)22-14-6-4-13(19)5-7-14/h2-9,11,16H,10H2,1H3,(H,20,21,24)(H2,22,23,25)/t16-/m0/s1. The molecule has 2 aromatic carbocycles. The topological polar surface area (TPSA) is 91.9 Å². The van der Waals surface area contributed by atoms with Crippen LogP contribution in [0.4, 0.5) is 10.5 Å². The number of hydrogen-bond acceptors (Lipinski definition) is 4. The first-order chi connectivity index (χ1) is 12.6. The van der Waals surface area contributed by atoms with Crippen LogP contribution in [-0.2, 0) is 6.42 Å². The lowest BCUT2D eigenvalue weighted by molar-refractivity contribution is 0.248. The van der Waals surface area contributed by atoms with E-state index in [2.05, 4.69) is 25.8 Å². The van der Waals surface area contributed by atoms with Gasteiger partial charge >= 0.3 is 6.03 Å². The minimum absolute atomic E-state index is 0.345. The summed E-state index contributed by atoms with van der Waals surface area (Å²) in [6, 6.07) is 13.8. The molecule has 7 nitrogen and oxygen atoms in total. The number of halogens is 1. The highest BCUT2D eigenvalue weighted by atomic mass is 35.5. The van der Waals surface area contributed by atoms with Gasteiger partial charge in [0.15, 0.2) is 0 Å². The normalized spacial score (nSPS) is 11.6. The van der Waals surface area contributed by atoms with Crippen molar-refractivity contribution in [2.45, 2.75) is 12.5 Å². The molecule has 0 fully saturated rings. The van der Waals surface area contributed by atoms with Crippen LogP contribution in [0.3, 0.4) is 0 Å². The third kappa shape index (κ3) is 4.73. The van der Waals surface area contributed by atoms with Crippen molar-refractivity contribution in [2.75, 3.05) is 12.4 Å². The number of aromatic nitrogens is 3. The number of aromatic amines is 1. The molecule has 0 radical (unpaired) electrons. The number of nitrogens with one attached hydrogen (secondary N) is 3. The Bertz CT molecular complexity index is 835. The van der Waals surface area contributed by atoms with Gasteiger partial charge in [0.25, 0.3) is 0 Å². The maximum absolute atomic E-state index is 12.4. The lowest BCUT2D eigenvalue weighted by atomic mass is 10.1. The summed E-state index contributed by atoms with van der Waals surface area (Å²) >= 11 is 5.86. The molecule has 3 rings (SSSR count). The van der Waals surface area contributed by atoms with E-state index in [1.54, 1.807) is 31.4 Å². The smallest absolute Gasteiger partial charge is 0.319 e. The van der Waals surface area contributed by atoms with Gasteiger partial charge in [-0.2, -0.15) is 5.10 Å². The summed E-state index contributed by atoms with van der Waals surface area (Å²) in [6.07, 6.45) is 1.96. The number of urea groups is 1. The Kier molecular flexibility index (Phi) is 5.70. The van der Waals surface area contributed by atoms with E-state index in [0.29, 0.717) is 23.0 Å². The Morgan fingerprint density at radius 3 is 2.54 bits per heavy atom. The summed E-state index contributed by atoms with van der Waals surface area (Å²) in [5.74, 6) is 1.35. The Labute approximate surface area is 155 Å². The molecule has 8 heteroatoms. The highest BCUT2D eigenvalue weighted by Crippen LogP contribution is 2.19. The fraction of sp³-hybridized carbons (Fsp3) is 0.167. The maximum atomic E-state index is 12.4. The largest absolute Gasteiger partial charge is 0.497 e. The van der Waals surface area contributed by atoms with E-state index in [9.17, 15) is 4.79 Å². The zero-order valence-electron chi connectivity index (χ0n) is 14.1. The molecule has 1 heterocycles. The SMILES string of the molecule is COc1ccc(C[C@H](NC(=O)Nc2ccc(Cl)cc2)c2ncn[nH]2)cc1. The maximum Gasteiger partial charge on any atom is 0.319 e. The number of ether oxygens (including phenoxy) is 1. The number of anilines is 1. The Hall–Kier alpha value is -3.06. The molecule has 2 amide bonds. The number of methoxy groups -OCH3 is 1. The number of H-pyrrole nitrogens is 1. The molecule has 0 unspecified atom stereocenters. The summed E-state index contributed by atoms with van der Waals surface area (Å²) in [6.45, 7) is 0. The first-order valence-corrected chi connectivity index (χ1v) is 8.33. The molecule has 0 saturated carbocycles. The monoisotopic (exact) mass is 371 g/mol.